The molecule has 1 aromatic rings. The van der Waals surface area contributed by atoms with Gasteiger partial charge in [0.1, 0.15) is 19.3 Å². The third-order valence-electron chi connectivity index (χ3n) is 1.76. The summed E-state index contributed by atoms with van der Waals surface area (Å²) in [6.45, 7) is 0. The largest absolute Gasteiger partial charge is 0.497 e. The van der Waals surface area contributed by atoms with E-state index in [2.05, 4.69) is 15.9 Å². The molecule has 0 unspecified atom stereocenters. The predicted octanol–water partition coefficient (Wildman–Crippen LogP) is 1.39. The lowest BCUT2D eigenvalue weighted by molar-refractivity contribution is 0.400. The van der Waals surface area contributed by atoms with Gasteiger partial charge in [-0.2, -0.15) is 0 Å². The van der Waals surface area contributed by atoms with E-state index in [0.717, 1.165) is 10.9 Å². The third-order valence-corrected chi connectivity index (χ3v) is 2.41. The summed E-state index contributed by atoms with van der Waals surface area (Å²) in [5, 5.41) is 0.750. The fourth-order valence-electron chi connectivity index (χ4n) is 1.07. The highest BCUT2D eigenvalue weighted by Crippen LogP contribution is 2.20. The van der Waals surface area contributed by atoms with Gasteiger partial charge in [0.05, 0.1) is 14.2 Å². The van der Waals surface area contributed by atoms with Gasteiger partial charge in [-0.25, -0.2) is 0 Å². The molecule has 2 nitrogen and oxygen atoms in total. The van der Waals surface area contributed by atoms with Gasteiger partial charge in [0, 0.05) is 5.33 Å². The summed E-state index contributed by atoms with van der Waals surface area (Å²) in [6.07, 6.45) is 0. The Kier molecular flexibility index (Phi) is 3.66. The number of ether oxygens (including phenoxy) is 2. The maximum atomic E-state index is 5.76. The van der Waals surface area contributed by atoms with Crippen molar-refractivity contribution < 1.29 is 9.47 Å². The van der Waals surface area contributed by atoms with Gasteiger partial charge in [0.2, 0.25) is 0 Å². The van der Waals surface area contributed by atoms with Crippen LogP contribution in [0, 0.1) is 0 Å². The average Bonchev–Trinajstić information content (AvgIpc) is 2.18. The maximum absolute atomic E-state index is 5.76. The quantitative estimate of drug-likeness (QED) is 0.588. The fourth-order valence-corrected chi connectivity index (χ4v) is 1.39. The minimum Gasteiger partial charge on any atom is -0.497 e. The van der Waals surface area contributed by atoms with Crippen LogP contribution in [-0.2, 0) is 5.33 Å². The van der Waals surface area contributed by atoms with Gasteiger partial charge in [-0.3, -0.25) is 0 Å². The molecule has 0 heterocycles. The van der Waals surface area contributed by atoms with Crippen LogP contribution in [0.4, 0.5) is 0 Å². The van der Waals surface area contributed by atoms with Crippen molar-refractivity contribution in [2.24, 2.45) is 0 Å². The lowest BCUT2D eigenvalue weighted by Crippen LogP contribution is -2.11. The Balaban J connectivity index is 3.20. The van der Waals surface area contributed by atoms with Crippen LogP contribution in [0.2, 0.25) is 0 Å². The number of hydrogen-bond acceptors (Lipinski definition) is 2. The second kappa shape index (κ2) is 4.56. The Morgan fingerprint density at radius 3 is 2.00 bits per heavy atom. The van der Waals surface area contributed by atoms with Crippen LogP contribution < -0.4 is 14.9 Å². The lowest BCUT2D eigenvalue weighted by atomic mass is 9.92. The van der Waals surface area contributed by atoms with Gasteiger partial charge in [0.25, 0.3) is 0 Å². The highest BCUT2D eigenvalue weighted by molar-refractivity contribution is 9.08. The minimum atomic E-state index is 0.537. The van der Waals surface area contributed by atoms with Crippen LogP contribution in [0.3, 0.4) is 0 Å². The van der Waals surface area contributed by atoms with E-state index in [1.54, 1.807) is 14.2 Å². The van der Waals surface area contributed by atoms with Gasteiger partial charge in [-0.1, -0.05) is 15.9 Å². The molecule has 0 amide bonds. The highest BCUT2D eigenvalue weighted by Gasteiger charge is 2.06. The number of benzene rings is 1. The standard InChI is InChI=1S/C9H10BBrO2/c1-12-7-3-6(5-11)4-8(13-2)9(7)10/h3-4H,5H2,1-2H3. The summed E-state index contributed by atoms with van der Waals surface area (Å²) >= 11 is 3.36. The fraction of sp³-hybridized carbons (Fsp3) is 0.333. The molecule has 0 aromatic heterocycles. The summed E-state index contributed by atoms with van der Waals surface area (Å²) < 4.78 is 10.2. The van der Waals surface area contributed by atoms with Gasteiger partial charge in [-0.05, 0) is 23.2 Å². The van der Waals surface area contributed by atoms with Crippen molar-refractivity contribution in [3.8, 4) is 11.5 Å². The molecule has 0 atom stereocenters. The van der Waals surface area contributed by atoms with E-state index < -0.39 is 0 Å². The molecule has 0 aliphatic heterocycles. The van der Waals surface area contributed by atoms with Crippen LogP contribution in [0.1, 0.15) is 5.56 Å². The smallest absolute Gasteiger partial charge is 0.124 e. The molecule has 1 aromatic carbocycles. The summed E-state index contributed by atoms with van der Waals surface area (Å²) in [5.41, 5.74) is 1.61. The number of halogens is 1. The first-order chi connectivity index (χ1) is 6.22. The van der Waals surface area contributed by atoms with E-state index in [1.807, 2.05) is 12.1 Å². The first kappa shape index (κ1) is 10.4. The van der Waals surface area contributed by atoms with Crippen LogP contribution in [-0.4, -0.2) is 22.1 Å². The zero-order valence-electron chi connectivity index (χ0n) is 7.63. The van der Waals surface area contributed by atoms with Crippen LogP contribution >= 0.6 is 15.9 Å². The number of alkyl halides is 1. The third kappa shape index (κ3) is 2.18. The van der Waals surface area contributed by atoms with Crippen molar-refractivity contribution in [1.82, 2.24) is 0 Å². The average molecular weight is 241 g/mol. The SMILES string of the molecule is [B]c1c(OC)cc(CBr)cc1OC. The highest BCUT2D eigenvalue weighted by atomic mass is 79.9. The van der Waals surface area contributed by atoms with Crippen LogP contribution in [0.25, 0.3) is 0 Å². The Hall–Kier alpha value is -0.635. The van der Waals surface area contributed by atoms with E-state index in [0.29, 0.717) is 17.0 Å². The second-order valence-electron chi connectivity index (χ2n) is 2.55. The van der Waals surface area contributed by atoms with E-state index >= 15 is 0 Å². The molecule has 0 bridgehead atoms. The lowest BCUT2D eigenvalue weighted by Gasteiger charge is -2.11. The van der Waals surface area contributed by atoms with E-state index in [-0.39, 0.29) is 0 Å². The molecule has 0 fully saturated rings. The molecule has 68 valence electrons. The van der Waals surface area contributed by atoms with Crippen molar-refractivity contribution in [2.45, 2.75) is 5.33 Å². The number of rotatable bonds is 3. The minimum absolute atomic E-state index is 0.537. The number of hydrogen-bond donors (Lipinski definition) is 0. The normalized spacial score (nSPS) is 9.77. The van der Waals surface area contributed by atoms with Crippen molar-refractivity contribution in [1.29, 1.82) is 0 Å². The van der Waals surface area contributed by atoms with E-state index in [4.69, 9.17) is 17.3 Å². The van der Waals surface area contributed by atoms with E-state index in [1.165, 1.54) is 0 Å². The first-order valence-electron chi connectivity index (χ1n) is 3.79. The van der Waals surface area contributed by atoms with Crippen molar-refractivity contribution >= 4 is 29.2 Å². The molecule has 13 heavy (non-hydrogen) atoms. The topological polar surface area (TPSA) is 18.5 Å². The second-order valence-corrected chi connectivity index (χ2v) is 3.11. The van der Waals surface area contributed by atoms with Gasteiger partial charge in [0.15, 0.2) is 0 Å². The molecule has 0 N–H and O–H groups in total. The molecular weight excluding hydrogens is 231 g/mol. The van der Waals surface area contributed by atoms with Crippen molar-refractivity contribution in [2.75, 3.05) is 14.2 Å². The predicted molar refractivity (Wildman–Crippen MR) is 57.6 cm³/mol. The molecule has 0 saturated heterocycles. The molecule has 0 aliphatic carbocycles. The molecular formula is C9H10BBrO2. The summed E-state index contributed by atoms with van der Waals surface area (Å²) in [6, 6.07) is 3.76. The van der Waals surface area contributed by atoms with Crippen LogP contribution in [0.15, 0.2) is 12.1 Å². The molecule has 2 radical (unpaired) electrons. The number of methoxy groups -OCH3 is 2. The summed E-state index contributed by atoms with van der Waals surface area (Å²) in [4.78, 5) is 0. The Labute approximate surface area is 87.8 Å². The molecule has 4 heteroatoms. The Morgan fingerprint density at radius 1 is 1.23 bits per heavy atom. The Morgan fingerprint density at radius 2 is 1.69 bits per heavy atom. The maximum Gasteiger partial charge on any atom is 0.124 e. The zero-order valence-corrected chi connectivity index (χ0v) is 9.22. The zero-order chi connectivity index (χ0) is 9.84. The summed E-state index contributed by atoms with van der Waals surface area (Å²) in [7, 11) is 8.94. The Bertz CT molecular complexity index is 277. The van der Waals surface area contributed by atoms with Gasteiger partial charge < -0.3 is 9.47 Å². The monoisotopic (exact) mass is 240 g/mol. The molecule has 0 spiro atoms. The molecule has 1 rings (SSSR count). The molecule has 0 aliphatic rings. The van der Waals surface area contributed by atoms with E-state index in [9.17, 15) is 0 Å². The van der Waals surface area contributed by atoms with Gasteiger partial charge >= 0.3 is 0 Å². The van der Waals surface area contributed by atoms with Crippen molar-refractivity contribution in [3.63, 3.8) is 0 Å². The van der Waals surface area contributed by atoms with Gasteiger partial charge in [-0.15, -0.1) is 0 Å². The van der Waals surface area contributed by atoms with Crippen molar-refractivity contribution in [3.05, 3.63) is 17.7 Å². The first-order valence-corrected chi connectivity index (χ1v) is 4.91. The molecule has 0 saturated carbocycles. The van der Waals surface area contributed by atoms with Crippen LogP contribution in [0.5, 0.6) is 11.5 Å². The summed E-state index contributed by atoms with van der Waals surface area (Å²) in [5.74, 6) is 1.29.